The Balaban J connectivity index is 2.84. The van der Waals surface area contributed by atoms with Crippen LogP contribution in [-0.2, 0) is 10.0 Å². The first-order chi connectivity index (χ1) is 9.42. The fourth-order valence-corrected chi connectivity index (χ4v) is 3.14. The van der Waals surface area contributed by atoms with E-state index in [0.717, 1.165) is 31.2 Å². The molecule has 0 radical (unpaired) electrons. The van der Waals surface area contributed by atoms with E-state index in [-0.39, 0.29) is 4.90 Å². The van der Waals surface area contributed by atoms with E-state index in [1.54, 1.807) is 6.07 Å². The number of methoxy groups -OCH3 is 1. The minimum Gasteiger partial charge on any atom is -0.495 e. The molecule has 0 unspecified atom stereocenters. The normalized spacial score (nSPS) is 11.6. The third-order valence-corrected chi connectivity index (χ3v) is 4.65. The third kappa shape index (κ3) is 4.38. The molecule has 114 valence electrons. The Morgan fingerprint density at radius 3 is 2.55 bits per heavy atom. The predicted molar refractivity (Wildman–Crippen MR) is 81.5 cm³/mol. The minimum absolute atomic E-state index is 0.0959. The number of rotatable bonds is 8. The van der Waals surface area contributed by atoms with Crippen molar-refractivity contribution in [3.05, 3.63) is 17.7 Å². The number of benzene rings is 1. The van der Waals surface area contributed by atoms with Gasteiger partial charge in [-0.3, -0.25) is 0 Å². The number of unbranched alkanes of at least 4 members (excludes halogenated alkanes) is 3. The number of anilines is 1. The highest BCUT2D eigenvalue weighted by molar-refractivity contribution is 7.89. The second-order valence-electron chi connectivity index (χ2n) is 4.82. The van der Waals surface area contributed by atoms with Crippen molar-refractivity contribution in [2.24, 2.45) is 0 Å². The molecular formula is C14H24N2O3S. The quantitative estimate of drug-likeness (QED) is 0.571. The van der Waals surface area contributed by atoms with Crippen LogP contribution in [0.3, 0.4) is 0 Å². The molecule has 0 saturated carbocycles. The van der Waals surface area contributed by atoms with Crippen molar-refractivity contribution in [1.29, 1.82) is 0 Å². The number of nitrogens with two attached hydrogens (primary N) is 1. The summed E-state index contributed by atoms with van der Waals surface area (Å²) in [5, 5.41) is 0. The van der Waals surface area contributed by atoms with Crippen molar-refractivity contribution >= 4 is 15.7 Å². The van der Waals surface area contributed by atoms with Crippen LogP contribution in [-0.4, -0.2) is 22.1 Å². The van der Waals surface area contributed by atoms with Crippen molar-refractivity contribution in [2.45, 2.75) is 44.4 Å². The van der Waals surface area contributed by atoms with Crippen LogP contribution >= 0.6 is 0 Å². The van der Waals surface area contributed by atoms with Crippen LogP contribution in [0, 0.1) is 6.92 Å². The molecule has 0 amide bonds. The van der Waals surface area contributed by atoms with E-state index < -0.39 is 10.0 Å². The van der Waals surface area contributed by atoms with Gasteiger partial charge in [0.05, 0.1) is 7.11 Å². The van der Waals surface area contributed by atoms with Gasteiger partial charge in [-0.25, -0.2) is 13.1 Å². The molecular weight excluding hydrogens is 276 g/mol. The Hall–Kier alpha value is -1.27. The van der Waals surface area contributed by atoms with Crippen LogP contribution in [0.4, 0.5) is 5.69 Å². The summed E-state index contributed by atoms with van der Waals surface area (Å²) in [6.07, 6.45) is 4.08. The van der Waals surface area contributed by atoms with Crippen molar-refractivity contribution < 1.29 is 13.2 Å². The largest absolute Gasteiger partial charge is 0.495 e. The van der Waals surface area contributed by atoms with E-state index in [1.165, 1.54) is 13.2 Å². The summed E-state index contributed by atoms with van der Waals surface area (Å²) < 4.78 is 32.3. The first-order valence-electron chi connectivity index (χ1n) is 6.86. The molecule has 0 aliphatic carbocycles. The molecule has 1 rings (SSSR count). The molecule has 0 aromatic heterocycles. The molecule has 1 aromatic carbocycles. The molecule has 0 fully saturated rings. The smallest absolute Gasteiger partial charge is 0.244 e. The van der Waals surface area contributed by atoms with E-state index in [9.17, 15) is 8.42 Å². The number of aryl methyl sites for hydroxylation is 1. The van der Waals surface area contributed by atoms with E-state index in [0.29, 0.717) is 18.0 Å². The molecule has 0 heterocycles. The number of hydrogen-bond acceptors (Lipinski definition) is 4. The summed E-state index contributed by atoms with van der Waals surface area (Å²) in [7, 11) is -2.13. The topological polar surface area (TPSA) is 81.4 Å². The van der Waals surface area contributed by atoms with Gasteiger partial charge in [0.15, 0.2) is 0 Å². The molecule has 0 aliphatic heterocycles. The molecule has 0 aliphatic rings. The first kappa shape index (κ1) is 16.8. The summed E-state index contributed by atoms with van der Waals surface area (Å²) in [5.41, 5.74) is 7.02. The lowest BCUT2D eigenvalue weighted by Gasteiger charge is -2.13. The van der Waals surface area contributed by atoms with E-state index in [1.807, 2.05) is 6.92 Å². The van der Waals surface area contributed by atoms with Crippen molar-refractivity contribution in [2.75, 3.05) is 19.4 Å². The highest BCUT2D eigenvalue weighted by Gasteiger charge is 2.20. The maximum absolute atomic E-state index is 12.3. The van der Waals surface area contributed by atoms with Crippen LogP contribution in [0.2, 0.25) is 0 Å². The minimum atomic E-state index is -3.58. The van der Waals surface area contributed by atoms with Crippen LogP contribution in [0.15, 0.2) is 17.0 Å². The SMILES string of the molecule is CCCCCCNS(=O)(=O)c1cc(N)c(C)cc1OC. The van der Waals surface area contributed by atoms with E-state index >= 15 is 0 Å². The van der Waals surface area contributed by atoms with Gasteiger partial charge in [0.25, 0.3) is 0 Å². The average molecular weight is 300 g/mol. The fraction of sp³-hybridized carbons (Fsp3) is 0.571. The second-order valence-corrected chi connectivity index (χ2v) is 6.55. The number of hydrogen-bond donors (Lipinski definition) is 2. The Morgan fingerprint density at radius 2 is 1.95 bits per heavy atom. The predicted octanol–water partition coefficient (Wildman–Crippen LogP) is 2.44. The van der Waals surface area contributed by atoms with Gasteiger partial charge < -0.3 is 10.5 Å². The monoisotopic (exact) mass is 300 g/mol. The Morgan fingerprint density at radius 1 is 1.25 bits per heavy atom. The van der Waals surface area contributed by atoms with Crippen LogP contribution in [0.25, 0.3) is 0 Å². The maximum Gasteiger partial charge on any atom is 0.244 e. The zero-order valence-electron chi connectivity index (χ0n) is 12.4. The lowest BCUT2D eigenvalue weighted by Crippen LogP contribution is -2.25. The van der Waals surface area contributed by atoms with Gasteiger partial charge in [-0.1, -0.05) is 26.2 Å². The zero-order valence-corrected chi connectivity index (χ0v) is 13.2. The molecule has 6 heteroatoms. The molecule has 0 spiro atoms. The lowest BCUT2D eigenvalue weighted by molar-refractivity contribution is 0.402. The van der Waals surface area contributed by atoms with Gasteiger partial charge in [0.1, 0.15) is 10.6 Å². The van der Waals surface area contributed by atoms with E-state index in [2.05, 4.69) is 11.6 Å². The second kappa shape index (κ2) is 7.50. The molecule has 1 aromatic rings. The summed E-state index contributed by atoms with van der Waals surface area (Å²) in [6, 6.07) is 3.09. The maximum atomic E-state index is 12.3. The van der Waals surface area contributed by atoms with Crippen molar-refractivity contribution in [3.63, 3.8) is 0 Å². The van der Waals surface area contributed by atoms with Gasteiger partial charge in [0.2, 0.25) is 10.0 Å². The highest BCUT2D eigenvalue weighted by Crippen LogP contribution is 2.28. The Labute approximate surface area is 121 Å². The van der Waals surface area contributed by atoms with E-state index in [4.69, 9.17) is 10.5 Å². The first-order valence-corrected chi connectivity index (χ1v) is 8.34. The van der Waals surface area contributed by atoms with Crippen LogP contribution in [0.1, 0.15) is 38.2 Å². The zero-order chi connectivity index (χ0) is 15.2. The number of ether oxygens (including phenoxy) is 1. The van der Waals surface area contributed by atoms with Gasteiger partial charge in [-0.05, 0) is 31.0 Å². The van der Waals surface area contributed by atoms with Crippen molar-refractivity contribution in [3.8, 4) is 5.75 Å². The van der Waals surface area contributed by atoms with Crippen molar-refractivity contribution in [1.82, 2.24) is 4.72 Å². The summed E-state index contributed by atoms with van der Waals surface area (Å²) in [4.78, 5) is 0.0959. The summed E-state index contributed by atoms with van der Waals surface area (Å²) in [6.45, 7) is 4.36. The molecule has 20 heavy (non-hydrogen) atoms. The van der Waals surface area contributed by atoms with Crippen LogP contribution in [0.5, 0.6) is 5.75 Å². The Kier molecular flexibility index (Phi) is 6.29. The summed E-state index contributed by atoms with van der Waals surface area (Å²) in [5.74, 6) is 0.317. The average Bonchev–Trinajstić information content (AvgIpc) is 2.41. The van der Waals surface area contributed by atoms with Gasteiger partial charge in [-0.2, -0.15) is 0 Å². The van der Waals surface area contributed by atoms with Gasteiger partial charge >= 0.3 is 0 Å². The molecule has 5 nitrogen and oxygen atoms in total. The van der Waals surface area contributed by atoms with Gasteiger partial charge in [-0.15, -0.1) is 0 Å². The molecule has 0 bridgehead atoms. The van der Waals surface area contributed by atoms with Gasteiger partial charge in [0, 0.05) is 12.2 Å². The standard InChI is InChI=1S/C14H24N2O3S/c1-4-5-6-7-8-16-20(17,18)14-10-12(15)11(2)9-13(14)19-3/h9-10,16H,4-8,15H2,1-3H3. The molecule has 3 N–H and O–H groups in total. The summed E-state index contributed by atoms with van der Waals surface area (Å²) >= 11 is 0. The molecule has 0 saturated heterocycles. The third-order valence-electron chi connectivity index (χ3n) is 3.16. The fourth-order valence-electron chi connectivity index (χ4n) is 1.88. The highest BCUT2D eigenvalue weighted by atomic mass is 32.2. The van der Waals surface area contributed by atoms with Crippen LogP contribution < -0.4 is 15.2 Å². The number of nitrogen functional groups attached to an aromatic ring is 1. The number of sulfonamides is 1. The molecule has 0 atom stereocenters. The number of nitrogens with one attached hydrogen (secondary N) is 1. The Bertz CT molecular complexity index is 542. The lowest BCUT2D eigenvalue weighted by atomic mass is 10.2.